The number of allylic oxidation sites excluding steroid dienone is 2. The number of benzene rings is 1. The van der Waals surface area contributed by atoms with Crippen molar-refractivity contribution in [3.8, 4) is 17.0 Å². The summed E-state index contributed by atoms with van der Waals surface area (Å²) in [6.07, 6.45) is 2.19. The minimum atomic E-state index is -0.0196. The Balaban J connectivity index is 1.74. The summed E-state index contributed by atoms with van der Waals surface area (Å²) in [5.74, 6) is 1.57. The summed E-state index contributed by atoms with van der Waals surface area (Å²) in [4.78, 5) is 12.6. The highest BCUT2D eigenvalue weighted by Gasteiger charge is 2.60. The molecule has 2 aromatic rings. The number of amides is 1. The molecule has 25 heavy (non-hydrogen) atoms. The van der Waals surface area contributed by atoms with Crippen molar-refractivity contribution in [2.45, 2.75) is 27.7 Å². The molecule has 2 atom stereocenters. The minimum absolute atomic E-state index is 0.0108. The van der Waals surface area contributed by atoms with Crippen LogP contribution < -0.4 is 10.1 Å². The highest BCUT2D eigenvalue weighted by atomic mass is 16.5. The first-order valence-corrected chi connectivity index (χ1v) is 8.49. The average Bonchev–Trinajstić information content (AvgIpc) is 2.90. The molecule has 1 aliphatic carbocycles. The zero-order valence-corrected chi connectivity index (χ0v) is 15.4. The van der Waals surface area contributed by atoms with Crippen molar-refractivity contribution < 1.29 is 9.53 Å². The number of aromatic amines is 1. The van der Waals surface area contributed by atoms with Crippen LogP contribution in [0, 0.1) is 17.3 Å². The lowest BCUT2D eigenvalue weighted by Crippen LogP contribution is -2.17. The van der Waals surface area contributed by atoms with Crippen molar-refractivity contribution in [3.63, 3.8) is 0 Å². The number of methoxy groups -OCH3 is 1. The van der Waals surface area contributed by atoms with Crippen LogP contribution in [0.15, 0.2) is 42.0 Å². The lowest BCUT2D eigenvalue weighted by Gasteiger charge is -2.05. The van der Waals surface area contributed by atoms with Crippen LogP contribution in [0.5, 0.6) is 5.75 Å². The first-order valence-electron chi connectivity index (χ1n) is 8.49. The Morgan fingerprint density at radius 2 is 2.04 bits per heavy atom. The fourth-order valence-corrected chi connectivity index (χ4v) is 3.44. The number of aromatic nitrogens is 2. The van der Waals surface area contributed by atoms with E-state index in [0.29, 0.717) is 5.82 Å². The van der Waals surface area contributed by atoms with E-state index in [9.17, 15) is 4.79 Å². The Morgan fingerprint density at radius 1 is 1.32 bits per heavy atom. The average molecular weight is 339 g/mol. The molecule has 1 saturated carbocycles. The van der Waals surface area contributed by atoms with E-state index in [4.69, 9.17) is 4.74 Å². The van der Waals surface area contributed by atoms with Crippen molar-refractivity contribution >= 4 is 11.7 Å². The number of H-pyrrole nitrogens is 1. The second kappa shape index (κ2) is 6.39. The monoisotopic (exact) mass is 339 g/mol. The topological polar surface area (TPSA) is 67.0 Å². The van der Waals surface area contributed by atoms with Gasteiger partial charge in [0.15, 0.2) is 5.82 Å². The SMILES string of the molecule is COc1ccccc1-c1cc(NC(=O)[C@@H]2[C@@H](C=C(C)C)C2(C)C)n[nH]1. The Hall–Kier alpha value is -2.56. The van der Waals surface area contributed by atoms with Gasteiger partial charge in [0.1, 0.15) is 5.75 Å². The molecule has 2 N–H and O–H groups in total. The summed E-state index contributed by atoms with van der Waals surface area (Å²) >= 11 is 0. The van der Waals surface area contributed by atoms with E-state index >= 15 is 0 Å². The zero-order valence-electron chi connectivity index (χ0n) is 15.4. The van der Waals surface area contributed by atoms with Crippen LogP contribution in [0.2, 0.25) is 0 Å². The van der Waals surface area contributed by atoms with Crippen LogP contribution in [-0.4, -0.2) is 23.2 Å². The normalized spacial score (nSPS) is 20.7. The Kier molecular flexibility index (Phi) is 4.41. The molecule has 3 rings (SSSR count). The van der Waals surface area contributed by atoms with E-state index in [1.165, 1.54) is 5.57 Å². The van der Waals surface area contributed by atoms with Crippen LogP contribution in [0.4, 0.5) is 5.82 Å². The van der Waals surface area contributed by atoms with Gasteiger partial charge in [-0.25, -0.2) is 0 Å². The summed E-state index contributed by atoms with van der Waals surface area (Å²) in [5.41, 5.74) is 2.95. The summed E-state index contributed by atoms with van der Waals surface area (Å²) < 4.78 is 5.38. The van der Waals surface area contributed by atoms with Gasteiger partial charge in [0, 0.05) is 11.6 Å². The molecule has 0 spiro atoms. The number of hydrogen-bond donors (Lipinski definition) is 2. The highest BCUT2D eigenvalue weighted by molar-refractivity contribution is 5.95. The second-order valence-electron chi connectivity index (χ2n) is 7.43. The van der Waals surface area contributed by atoms with Gasteiger partial charge in [0.25, 0.3) is 0 Å². The summed E-state index contributed by atoms with van der Waals surface area (Å²) in [6.45, 7) is 8.39. The fraction of sp³-hybridized carbons (Fsp3) is 0.400. The molecule has 1 amide bonds. The lowest BCUT2D eigenvalue weighted by molar-refractivity contribution is -0.118. The Bertz CT molecular complexity index is 816. The predicted molar refractivity (Wildman–Crippen MR) is 99.4 cm³/mol. The number of para-hydroxylation sites is 1. The maximum absolute atomic E-state index is 12.6. The van der Waals surface area contributed by atoms with E-state index < -0.39 is 0 Å². The molecule has 1 heterocycles. The van der Waals surface area contributed by atoms with E-state index in [1.54, 1.807) is 7.11 Å². The van der Waals surface area contributed by atoms with Crippen molar-refractivity contribution in [2.75, 3.05) is 12.4 Å². The smallest absolute Gasteiger partial charge is 0.229 e. The van der Waals surface area contributed by atoms with E-state index in [0.717, 1.165) is 17.0 Å². The van der Waals surface area contributed by atoms with E-state index in [-0.39, 0.29) is 23.2 Å². The fourth-order valence-electron chi connectivity index (χ4n) is 3.44. The maximum atomic E-state index is 12.6. The molecule has 1 aromatic heterocycles. The molecule has 132 valence electrons. The molecule has 1 aromatic carbocycles. The first-order chi connectivity index (χ1) is 11.8. The second-order valence-corrected chi connectivity index (χ2v) is 7.43. The van der Waals surface area contributed by atoms with Gasteiger partial charge in [-0.15, -0.1) is 0 Å². The van der Waals surface area contributed by atoms with E-state index in [2.05, 4.69) is 49.3 Å². The van der Waals surface area contributed by atoms with Crippen molar-refractivity contribution in [2.24, 2.45) is 17.3 Å². The van der Waals surface area contributed by atoms with Gasteiger partial charge < -0.3 is 10.1 Å². The highest BCUT2D eigenvalue weighted by Crippen LogP contribution is 2.59. The van der Waals surface area contributed by atoms with Gasteiger partial charge in [-0.3, -0.25) is 9.89 Å². The van der Waals surface area contributed by atoms with Gasteiger partial charge in [-0.2, -0.15) is 5.10 Å². The molecular weight excluding hydrogens is 314 g/mol. The molecule has 0 unspecified atom stereocenters. The van der Waals surface area contributed by atoms with Crippen LogP contribution in [0.1, 0.15) is 27.7 Å². The van der Waals surface area contributed by atoms with Crippen LogP contribution in [-0.2, 0) is 4.79 Å². The van der Waals surface area contributed by atoms with E-state index in [1.807, 2.05) is 30.3 Å². The number of carbonyl (C=O) groups excluding carboxylic acids is 1. The maximum Gasteiger partial charge on any atom is 0.229 e. The molecule has 1 fully saturated rings. The van der Waals surface area contributed by atoms with Crippen LogP contribution in [0.3, 0.4) is 0 Å². The quantitative estimate of drug-likeness (QED) is 0.800. The van der Waals surface area contributed by atoms with Gasteiger partial charge in [0.2, 0.25) is 5.91 Å². The number of nitrogens with zero attached hydrogens (tertiary/aromatic N) is 1. The number of anilines is 1. The third-order valence-electron chi connectivity index (χ3n) is 4.93. The summed E-state index contributed by atoms with van der Waals surface area (Å²) in [5, 5.41) is 10.1. The van der Waals surface area contributed by atoms with Crippen molar-refractivity contribution in [3.05, 3.63) is 42.0 Å². The number of ether oxygens (including phenoxy) is 1. The number of hydrogen-bond acceptors (Lipinski definition) is 3. The molecule has 0 radical (unpaired) electrons. The van der Waals surface area contributed by atoms with Crippen LogP contribution in [0.25, 0.3) is 11.3 Å². The van der Waals surface area contributed by atoms with Gasteiger partial charge in [-0.1, -0.05) is 37.6 Å². The van der Waals surface area contributed by atoms with Gasteiger partial charge >= 0.3 is 0 Å². The zero-order chi connectivity index (χ0) is 18.2. The third-order valence-corrected chi connectivity index (χ3v) is 4.93. The largest absolute Gasteiger partial charge is 0.496 e. The number of carbonyl (C=O) groups is 1. The molecular formula is C20H25N3O2. The third kappa shape index (κ3) is 3.31. The number of nitrogens with one attached hydrogen (secondary N) is 2. The first kappa shape index (κ1) is 17.3. The van der Waals surface area contributed by atoms with Gasteiger partial charge in [0.05, 0.1) is 18.7 Å². The molecule has 5 heteroatoms. The van der Waals surface area contributed by atoms with Gasteiger partial charge in [-0.05, 0) is 37.3 Å². The van der Waals surface area contributed by atoms with Crippen molar-refractivity contribution in [1.29, 1.82) is 0 Å². The molecule has 5 nitrogen and oxygen atoms in total. The van der Waals surface area contributed by atoms with Crippen molar-refractivity contribution in [1.82, 2.24) is 10.2 Å². The summed E-state index contributed by atoms with van der Waals surface area (Å²) in [6, 6.07) is 9.53. The predicted octanol–water partition coefficient (Wildman–Crippen LogP) is 4.26. The molecule has 0 bridgehead atoms. The molecule has 0 aliphatic heterocycles. The number of rotatable bonds is 5. The Morgan fingerprint density at radius 3 is 2.72 bits per heavy atom. The lowest BCUT2D eigenvalue weighted by atomic mass is 10.1. The molecule has 1 aliphatic rings. The van der Waals surface area contributed by atoms with Crippen LogP contribution >= 0.6 is 0 Å². The molecule has 0 saturated heterocycles. The standard InChI is InChI=1S/C20H25N3O2/c1-12(2)10-14-18(20(14,3)4)19(24)21-17-11-15(22-23-17)13-8-6-7-9-16(13)25-5/h6-11,14,18H,1-5H3,(H2,21,22,23,24)/t14-,18+/m1/s1. The minimum Gasteiger partial charge on any atom is -0.496 e. The Labute approximate surface area is 148 Å². The summed E-state index contributed by atoms with van der Waals surface area (Å²) in [7, 11) is 1.64.